The molecule has 2 aliphatic heterocycles. The minimum absolute atomic E-state index is 0.114. The van der Waals surface area contributed by atoms with E-state index in [1.54, 1.807) is 6.07 Å². The Bertz CT molecular complexity index is 402. The number of fused-ring (bicyclic) bond motifs is 1. The van der Waals surface area contributed by atoms with Gasteiger partial charge in [-0.15, -0.1) is 0 Å². The molecule has 3 nitrogen and oxygen atoms in total. The van der Waals surface area contributed by atoms with Gasteiger partial charge in [0.05, 0.1) is 0 Å². The zero-order valence-corrected chi connectivity index (χ0v) is 8.96. The first kappa shape index (κ1) is 9.90. The molecule has 1 unspecified atom stereocenters. The van der Waals surface area contributed by atoms with Gasteiger partial charge in [-0.1, -0.05) is 6.42 Å². The molecule has 1 aromatic carbocycles. The lowest BCUT2D eigenvalue weighted by Crippen LogP contribution is -2.27. The molecule has 1 fully saturated rings. The monoisotopic (exact) mass is 223 g/mol. The van der Waals surface area contributed by atoms with E-state index in [1.165, 1.54) is 12.5 Å². The SMILES string of the molecule is Fc1cc2c(cc1C1CCCCN1)OCO2. The summed E-state index contributed by atoms with van der Waals surface area (Å²) < 4.78 is 24.3. The summed E-state index contributed by atoms with van der Waals surface area (Å²) in [6.45, 7) is 1.15. The van der Waals surface area contributed by atoms with Crippen LogP contribution in [0.1, 0.15) is 30.9 Å². The predicted molar refractivity (Wildman–Crippen MR) is 57.1 cm³/mol. The molecule has 2 aliphatic rings. The van der Waals surface area contributed by atoms with E-state index in [2.05, 4.69) is 5.32 Å². The van der Waals surface area contributed by atoms with E-state index in [1.807, 2.05) is 0 Å². The maximum absolute atomic E-state index is 13.9. The minimum atomic E-state index is -0.205. The fourth-order valence-corrected chi connectivity index (χ4v) is 2.32. The maximum atomic E-state index is 13.9. The van der Waals surface area contributed by atoms with Gasteiger partial charge in [-0.3, -0.25) is 0 Å². The summed E-state index contributed by atoms with van der Waals surface area (Å²) in [6.07, 6.45) is 3.30. The lowest BCUT2D eigenvalue weighted by Gasteiger charge is -2.24. The van der Waals surface area contributed by atoms with Crippen molar-refractivity contribution in [2.24, 2.45) is 0 Å². The fourth-order valence-electron chi connectivity index (χ4n) is 2.32. The third kappa shape index (κ3) is 1.63. The molecule has 1 aromatic rings. The Morgan fingerprint density at radius 2 is 2.00 bits per heavy atom. The van der Waals surface area contributed by atoms with Crippen molar-refractivity contribution in [2.45, 2.75) is 25.3 Å². The zero-order valence-electron chi connectivity index (χ0n) is 8.96. The standard InChI is InChI=1S/C12H14FNO2/c13-9-6-12-11(15-7-16-12)5-8(9)10-3-1-2-4-14-10/h5-6,10,14H,1-4,7H2. The molecular formula is C12H14FNO2. The smallest absolute Gasteiger partial charge is 0.231 e. The zero-order chi connectivity index (χ0) is 11.0. The van der Waals surface area contributed by atoms with Gasteiger partial charge in [0.25, 0.3) is 0 Å². The molecule has 0 spiro atoms. The number of hydrogen-bond donors (Lipinski definition) is 1. The molecular weight excluding hydrogens is 209 g/mol. The number of ether oxygens (including phenoxy) is 2. The van der Waals surface area contributed by atoms with Crippen molar-refractivity contribution in [3.8, 4) is 11.5 Å². The molecule has 4 heteroatoms. The average Bonchev–Trinajstić information content (AvgIpc) is 2.76. The molecule has 0 aliphatic carbocycles. The Hall–Kier alpha value is -1.29. The van der Waals surface area contributed by atoms with E-state index in [4.69, 9.17) is 9.47 Å². The van der Waals surface area contributed by atoms with Gasteiger partial charge >= 0.3 is 0 Å². The highest BCUT2D eigenvalue weighted by molar-refractivity contribution is 5.46. The largest absolute Gasteiger partial charge is 0.454 e. The number of hydrogen-bond acceptors (Lipinski definition) is 3. The van der Waals surface area contributed by atoms with E-state index >= 15 is 0 Å². The quantitative estimate of drug-likeness (QED) is 0.792. The number of piperidine rings is 1. The van der Waals surface area contributed by atoms with Crippen molar-refractivity contribution < 1.29 is 13.9 Å². The summed E-state index contributed by atoms with van der Waals surface area (Å²) in [5.41, 5.74) is 0.698. The second-order valence-electron chi connectivity index (χ2n) is 4.23. The van der Waals surface area contributed by atoms with Crippen molar-refractivity contribution in [3.05, 3.63) is 23.5 Å². The van der Waals surface area contributed by atoms with Gasteiger partial charge in [0, 0.05) is 17.7 Å². The van der Waals surface area contributed by atoms with Crippen molar-refractivity contribution in [1.82, 2.24) is 5.32 Å². The van der Waals surface area contributed by atoms with Crippen molar-refractivity contribution in [2.75, 3.05) is 13.3 Å². The number of rotatable bonds is 1. The van der Waals surface area contributed by atoms with Crippen molar-refractivity contribution in [3.63, 3.8) is 0 Å². The Balaban J connectivity index is 1.94. The molecule has 86 valence electrons. The van der Waals surface area contributed by atoms with E-state index in [0.717, 1.165) is 19.4 Å². The van der Waals surface area contributed by atoms with Gasteiger partial charge < -0.3 is 14.8 Å². The van der Waals surface area contributed by atoms with E-state index in [9.17, 15) is 4.39 Å². The van der Waals surface area contributed by atoms with Crippen LogP contribution in [0.3, 0.4) is 0 Å². The van der Waals surface area contributed by atoms with Gasteiger partial charge in [-0.2, -0.15) is 0 Å². The van der Waals surface area contributed by atoms with Gasteiger partial charge in [0.2, 0.25) is 6.79 Å². The van der Waals surface area contributed by atoms with E-state index in [-0.39, 0.29) is 18.7 Å². The summed E-state index contributed by atoms with van der Waals surface area (Å²) in [6, 6.07) is 3.30. The Labute approximate surface area is 93.6 Å². The molecule has 0 aromatic heterocycles. The molecule has 2 heterocycles. The normalized spacial score (nSPS) is 23.4. The van der Waals surface area contributed by atoms with Crippen molar-refractivity contribution >= 4 is 0 Å². The molecule has 0 bridgehead atoms. The van der Waals surface area contributed by atoms with Crippen LogP contribution in [0.15, 0.2) is 12.1 Å². The van der Waals surface area contributed by atoms with Gasteiger partial charge in [0.15, 0.2) is 11.5 Å². The molecule has 0 radical (unpaired) electrons. The molecule has 1 saturated heterocycles. The first-order valence-corrected chi connectivity index (χ1v) is 5.67. The second kappa shape index (κ2) is 3.94. The molecule has 0 amide bonds. The number of benzene rings is 1. The number of nitrogens with one attached hydrogen (secondary N) is 1. The molecule has 3 rings (SSSR count). The van der Waals surface area contributed by atoms with Crippen LogP contribution in [0, 0.1) is 5.82 Å². The van der Waals surface area contributed by atoms with Crippen LogP contribution in [0.25, 0.3) is 0 Å². The van der Waals surface area contributed by atoms with E-state index in [0.29, 0.717) is 17.1 Å². The van der Waals surface area contributed by atoms with Crippen LogP contribution in [0.4, 0.5) is 4.39 Å². The second-order valence-corrected chi connectivity index (χ2v) is 4.23. The third-order valence-corrected chi connectivity index (χ3v) is 3.18. The molecule has 1 atom stereocenters. The predicted octanol–water partition coefficient (Wildman–Crippen LogP) is 2.37. The fraction of sp³-hybridized carbons (Fsp3) is 0.500. The average molecular weight is 223 g/mol. The molecule has 0 saturated carbocycles. The first-order valence-electron chi connectivity index (χ1n) is 5.67. The lowest BCUT2D eigenvalue weighted by atomic mass is 9.97. The van der Waals surface area contributed by atoms with Gasteiger partial charge in [0.1, 0.15) is 5.82 Å². The maximum Gasteiger partial charge on any atom is 0.231 e. The number of halogens is 1. The molecule has 1 N–H and O–H groups in total. The topological polar surface area (TPSA) is 30.5 Å². The van der Waals surface area contributed by atoms with Crippen LogP contribution >= 0.6 is 0 Å². The Kier molecular flexibility index (Phi) is 2.44. The van der Waals surface area contributed by atoms with Crippen LogP contribution < -0.4 is 14.8 Å². The first-order chi connectivity index (χ1) is 7.84. The van der Waals surface area contributed by atoms with Crippen LogP contribution in [0.5, 0.6) is 11.5 Å². The highest BCUT2D eigenvalue weighted by Crippen LogP contribution is 2.37. The minimum Gasteiger partial charge on any atom is -0.454 e. The van der Waals surface area contributed by atoms with Crippen LogP contribution in [0.2, 0.25) is 0 Å². The van der Waals surface area contributed by atoms with Gasteiger partial charge in [-0.25, -0.2) is 4.39 Å². The van der Waals surface area contributed by atoms with Crippen LogP contribution in [-0.4, -0.2) is 13.3 Å². The van der Waals surface area contributed by atoms with Gasteiger partial charge in [-0.05, 0) is 25.5 Å². The highest BCUT2D eigenvalue weighted by Gasteiger charge is 2.23. The molecule has 16 heavy (non-hydrogen) atoms. The summed E-state index contributed by atoms with van der Waals surface area (Å²) in [5.74, 6) is 0.962. The summed E-state index contributed by atoms with van der Waals surface area (Å²) in [4.78, 5) is 0. The third-order valence-electron chi connectivity index (χ3n) is 3.18. The lowest BCUT2D eigenvalue weighted by molar-refractivity contribution is 0.174. The summed E-state index contributed by atoms with van der Waals surface area (Å²) in [7, 11) is 0. The Morgan fingerprint density at radius 3 is 2.75 bits per heavy atom. The van der Waals surface area contributed by atoms with E-state index < -0.39 is 0 Å². The highest BCUT2D eigenvalue weighted by atomic mass is 19.1. The Morgan fingerprint density at radius 1 is 1.19 bits per heavy atom. The summed E-state index contributed by atoms with van der Waals surface area (Å²) in [5, 5.41) is 3.33. The van der Waals surface area contributed by atoms with Crippen LogP contribution in [-0.2, 0) is 0 Å². The summed E-state index contributed by atoms with van der Waals surface area (Å²) >= 11 is 0. The van der Waals surface area contributed by atoms with Crippen molar-refractivity contribution in [1.29, 1.82) is 0 Å².